The molecule has 4 nitrogen and oxygen atoms in total. The number of hydrogen-bond acceptors (Lipinski definition) is 2. The molecule has 0 radical (unpaired) electrons. The Kier molecular flexibility index (Phi) is 1.83. The monoisotopic (exact) mass is 180 g/mol. The fourth-order valence-electron chi connectivity index (χ4n) is 1.88. The van der Waals surface area contributed by atoms with Crippen LogP contribution in [0.1, 0.15) is 24.1 Å². The van der Waals surface area contributed by atoms with Crippen LogP contribution >= 0.6 is 0 Å². The van der Waals surface area contributed by atoms with E-state index < -0.39 is 0 Å². The summed E-state index contributed by atoms with van der Waals surface area (Å²) < 4.78 is 1.55. The molecule has 1 aliphatic rings. The van der Waals surface area contributed by atoms with E-state index in [0.29, 0.717) is 0 Å². The van der Waals surface area contributed by atoms with E-state index in [1.54, 1.807) is 11.6 Å². The molecule has 0 bridgehead atoms. The first kappa shape index (κ1) is 8.29. The SMILES string of the molecule is Cn1c2c(c(=O)[nH]c1=O)CCCC2. The molecule has 0 fully saturated rings. The molecule has 1 N–H and O–H groups in total. The van der Waals surface area contributed by atoms with Crippen LogP contribution in [0, 0.1) is 0 Å². The molecule has 70 valence electrons. The van der Waals surface area contributed by atoms with E-state index in [1.807, 2.05) is 0 Å². The molecule has 1 aromatic heterocycles. The minimum atomic E-state index is -0.300. The van der Waals surface area contributed by atoms with Crippen LogP contribution in [-0.2, 0) is 19.9 Å². The maximum absolute atomic E-state index is 11.4. The smallest absolute Gasteiger partial charge is 0.301 e. The molecular formula is C9H12N2O2. The van der Waals surface area contributed by atoms with Gasteiger partial charge in [-0.25, -0.2) is 4.79 Å². The number of aromatic amines is 1. The lowest BCUT2D eigenvalue weighted by molar-refractivity contribution is 0.603. The minimum Gasteiger partial charge on any atom is -0.301 e. The van der Waals surface area contributed by atoms with Crippen molar-refractivity contribution in [1.29, 1.82) is 0 Å². The van der Waals surface area contributed by atoms with Crippen molar-refractivity contribution in [3.63, 3.8) is 0 Å². The molecule has 13 heavy (non-hydrogen) atoms. The van der Waals surface area contributed by atoms with Crippen LogP contribution in [0.2, 0.25) is 0 Å². The number of rotatable bonds is 0. The standard InChI is InChI=1S/C9H12N2O2/c1-11-7-5-3-2-4-6(7)8(12)10-9(11)13/h2-5H2,1H3,(H,10,12,13). The van der Waals surface area contributed by atoms with E-state index in [1.165, 1.54) is 0 Å². The van der Waals surface area contributed by atoms with Gasteiger partial charge in [0.1, 0.15) is 0 Å². The Labute approximate surface area is 75.2 Å². The molecule has 0 saturated carbocycles. The van der Waals surface area contributed by atoms with E-state index in [0.717, 1.165) is 36.9 Å². The molecule has 0 atom stereocenters. The van der Waals surface area contributed by atoms with Gasteiger partial charge >= 0.3 is 5.69 Å². The third-order valence-corrected chi connectivity index (χ3v) is 2.64. The Balaban J connectivity index is 2.77. The van der Waals surface area contributed by atoms with Crippen molar-refractivity contribution in [2.45, 2.75) is 25.7 Å². The summed E-state index contributed by atoms with van der Waals surface area (Å²) in [6.45, 7) is 0. The number of nitrogens with one attached hydrogen (secondary N) is 1. The van der Waals surface area contributed by atoms with Gasteiger partial charge in [0, 0.05) is 18.3 Å². The lowest BCUT2D eigenvalue weighted by atomic mass is 9.97. The van der Waals surface area contributed by atoms with Crippen LogP contribution in [0.4, 0.5) is 0 Å². The highest BCUT2D eigenvalue weighted by Gasteiger charge is 2.15. The molecule has 0 spiro atoms. The van der Waals surface area contributed by atoms with E-state index in [4.69, 9.17) is 0 Å². The van der Waals surface area contributed by atoms with Crippen molar-refractivity contribution in [3.8, 4) is 0 Å². The first-order valence-electron chi connectivity index (χ1n) is 4.51. The predicted octanol–water partition coefficient (Wildman–Crippen LogP) is -0.0476. The van der Waals surface area contributed by atoms with Crippen molar-refractivity contribution in [2.75, 3.05) is 0 Å². The van der Waals surface area contributed by atoms with Gasteiger partial charge in [0.25, 0.3) is 5.56 Å². The van der Waals surface area contributed by atoms with Crippen molar-refractivity contribution in [3.05, 3.63) is 32.1 Å². The van der Waals surface area contributed by atoms with Gasteiger partial charge in [-0.1, -0.05) is 0 Å². The van der Waals surface area contributed by atoms with Crippen LogP contribution in [-0.4, -0.2) is 9.55 Å². The van der Waals surface area contributed by atoms with Crippen molar-refractivity contribution in [1.82, 2.24) is 9.55 Å². The van der Waals surface area contributed by atoms with Gasteiger partial charge in [-0.3, -0.25) is 9.78 Å². The van der Waals surface area contributed by atoms with Crippen molar-refractivity contribution < 1.29 is 0 Å². The average Bonchev–Trinajstić information content (AvgIpc) is 2.15. The van der Waals surface area contributed by atoms with Gasteiger partial charge in [0.15, 0.2) is 0 Å². The zero-order valence-corrected chi connectivity index (χ0v) is 7.59. The maximum atomic E-state index is 11.4. The second-order valence-corrected chi connectivity index (χ2v) is 3.45. The van der Waals surface area contributed by atoms with E-state index in [9.17, 15) is 9.59 Å². The number of aromatic nitrogens is 2. The average molecular weight is 180 g/mol. The molecule has 2 rings (SSSR count). The lowest BCUT2D eigenvalue weighted by Gasteiger charge is -2.16. The fourth-order valence-corrected chi connectivity index (χ4v) is 1.88. The van der Waals surface area contributed by atoms with Crippen molar-refractivity contribution in [2.24, 2.45) is 7.05 Å². The van der Waals surface area contributed by atoms with Crippen LogP contribution in [0.15, 0.2) is 9.59 Å². The third-order valence-electron chi connectivity index (χ3n) is 2.64. The molecular weight excluding hydrogens is 168 g/mol. The predicted molar refractivity (Wildman–Crippen MR) is 48.9 cm³/mol. The van der Waals surface area contributed by atoms with Gasteiger partial charge in [-0.15, -0.1) is 0 Å². The summed E-state index contributed by atoms with van der Waals surface area (Å²) in [7, 11) is 1.71. The second kappa shape index (κ2) is 2.87. The highest BCUT2D eigenvalue weighted by atomic mass is 16.2. The molecule has 0 aliphatic heterocycles. The molecule has 0 saturated heterocycles. The summed E-state index contributed by atoms with van der Waals surface area (Å²) in [5, 5.41) is 0. The van der Waals surface area contributed by atoms with Gasteiger partial charge in [-0.2, -0.15) is 0 Å². The Hall–Kier alpha value is -1.32. The van der Waals surface area contributed by atoms with Crippen LogP contribution < -0.4 is 11.2 Å². The van der Waals surface area contributed by atoms with Crippen molar-refractivity contribution >= 4 is 0 Å². The van der Waals surface area contributed by atoms with Gasteiger partial charge < -0.3 is 4.57 Å². The number of hydrogen-bond donors (Lipinski definition) is 1. The molecule has 1 aliphatic carbocycles. The molecule has 0 aromatic carbocycles. The number of nitrogens with zero attached hydrogens (tertiary/aromatic N) is 1. The van der Waals surface area contributed by atoms with Crippen LogP contribution in [0.25, 0.3) is 0 Å². The van der Waals surface area contributed by atoms with Gasteiger partial charge in [-0.05, 0) is 25.7 Å². The Bertz CT molecular complexity index is 442. The van der Waals surface area contributed by atoms with Crippen LogP contribution in [0.3, 0.4) is 0 Å². The zero-order valence-electron chi connectivity index (χ0n) is 7.59. The molecule has 0 amide bonds. The highest BCUT2D eigenvalue weighted by Crippen LogP contribution is 2.15. The van der Waals surface area contributed by atoms with Gasteiger partial charge in [0.2, 0.25) is 0 Å². The molecule has 1 aromatic rings. The summed E-state index contributed by atoms with van der Waals surface area (Å²) in [6, 6.07) is 0. The summed E-state index contributed by atoms with van der Waals surface area (Å²) in [6.07, 6.45) is 3.78. The Morgan fingerprint density at radius 2 is 1.92 bits per heavy atom. The maximum Gasteiger partial charge on any atom is 0.328 e. The normalized spacial score (nSPS) is 15.5. The van der Waals surface area contributed by atoms with E-state index in [2.05, 4.69) is 4.98 Å². The van der Waals surface area contributed by atoms with E-state index >= 15 is 0 Å². The fraction of sp³-hybridized carbons (Fsp3) is 0.556. The Morgan fingerprint density at radius 3 is 2.69 bits per heavy atom. The quantitative estimate of drug-likeness (QED) is 0.608. The largest absolute Gasteiger partial charge is 0.328 e. The third kappa shape index (κ3) is 1.22. The van der Waals surface area contributed by atoms with Crippen LogP contribution in [0.5, 0.6) is 0 Å². The van der Waals surface area contributed by atoms with Gasteiger partial charge in [0.05, 0.1) is 0 Å². The summed E-state index contributed by atoms with van der Waals surface area (Å²) >= 11 is 0. The molecule has 1 heterocycles. The topological polar surface area (TPSA) is 54.9 Å². The highest BCUT2D eigenvalue weighted by molar-refractivity contribution is 5.20. The minimum absolute atomic E-state index is 0.196. The van der Waals surface area contributed by atoms with E-state index in [-0.39, 0.29) is 11.2 Å². The first-order chi connectivity index (χ1) is 6.20. The number of H-pyrrole nitrogens is 1. The Morgan fingerprint density at radius 1 is 1.23 bits per heavy atom. The molecule has 0 unspecified atom stereocenters. The summed E-state index contributed by atoms with van der Waals surface area (Å²) in [4.78, 5) is 24.9. The summed E-state index contributed by atoms with van der Waals surface area (Å²) in [5.41, 5.74) is 1.22. The first-order valence-corrected chi connectivity index (χ1v) is 4.51. The zero-order chi connectivity index (χ0) is 9.42. The summed E-state index contributed by atoms with van der Waals surface area (Å²) in [5.74, 6) is 0. The number of fused-ring (bicyclic) bond motifs is 1. The molecule has 4 heteroatoms. The second-order valence-electron chi connectivity index (χ2n) is 3.45. The lowest BCUT2D eigenvalue weighted by Crippen LogP contribution is -2.35.